The number of nitrogens with one attached hydrogen (secondary N) is 1. The molecule has 2 unspecified atom stereocenters. The molecule has 0 radical (unpaired) electrons. The number of halogens is 3. The van der Waals surface area contributed by atoms with E-state index in [9.17, 15) is 18.3 Å². The van der Waals surface area contributed by atoms with Crippen molar-refractivity contribution in [3.8, 4) is 5.75 Å². The third kappa shape index (κ3) is 4.99. The summed E-state index contributed by atoms with van der Waals surface area (Å²) >= 11 is 0. The van der Waals surface area contributed by atoms with Crippen molar-refractivity contribution in [2.24, 2.45) is 0 Å². The Hall–Kier alpha value is -2.05. The highest BCUT2D eigenvalue weighted by molar-refractivity contribution is 5.35. The number of aryl methyl sites for hydroxylation is 2. The number of aliphatic hydroxyl groups is 1. The molecule has 2 N–H and O–H groups in total. The van der Waals surface area contributed by atoms with Gasteiger partial charge in [0, 0.05) is 12.6 Å². The Balaban J connectivity index is 1.59. The van der Waals surface area contributed by atoms with Crippen molar-refractivity contribution in [3.63, 3.8) is 0 Å². The summed E-state index contributed by atoms with van der Waals surface area (Å²) in [5.41, 5.74) is 1.33. The summed E-state index contributed by atoms with van der Waals surface area (Å²) in [6, 6.07) is 8.34. The maximum atomic E-state index is 13.6. The minimum absolute atomic E-state index is 0.219. The second kappa shape index (κ2) is 8.56. The molecule has 0 saturated carbocycles. The lowest BCUT2D eigenvalue weighted by molar-refractivity contribution is 0.191. The molecule has 1 aliphatic rings. The zero-order chi connectivity index (χ0) is 18.5. The van der Waals surface area contributed by atoms with Crippen molar-refractivity contribution in [2.45, 2.75) is 37.8 Å². The summed E-state index contributed by atoms with van der Waals surface area (Å²) in [5, 5.41) is 12.7. The molecule has 3 rings (SSSR count). The standard InChI is InChI=1S/C20H22F3NO2/c21-15-4-6-20(26-8-7-16-11-17(25)12-24-16)14(10-15)3-1-13-2-5-18(22)19(23)9-13/h2,4-6,9-10,16-17,24-25H,1,3,7-8,11-12H2. The first kappa shape index (κ1) is 18.7. The summed E-state index contributed by atoms with van der Waals surface area (Å²) in [7, 11) is 0. The van der Waals surface area contributed by atoms with Gasteiger partial charge in [0.2, 0.25) is 0 Å². The summed E-state index contributed by atoms with van der Waals surface area (Å²) in [6.07, 6.45) is 2.05. The fourth-order valence-corrected chi connectivity index (χ4v) is 3.19. The Kier molecular flexibility index (Phi) is 6.16. The molecule has 0 aliphatic carbocycles. The van der Waals surface area contributed by atoms with Gasteiger partial charge in [-0.05, 0) is 67.1 Å². The van der Waals surface area contributed by atoms with Crippen LogP contribution < -0.4 is 10.1 Å². The zero-order valence-corrected chi connectivity index (χ0v) is 14.4. The quantitative estimate of drug-likeness (QED) is 0.790. The smallest absolute Gasteiger partial charge is 0.159 e. The fraction of sp³-hybridized carbons (Fsp3) is 0.400. The Morgan fingerprint density at radius 2 is 1.88 bits per heavy atom. The van der Waals surface area contributed by atoms with Gasteiger partial charge in [-0.3, -0.25) is 0 Å². The van der Waals surface area contributed by atoms with Gasteiger partial charge in [0.15, 0.2) is 11.6 Å². The van der Waals surface area contributed by atoms with Gasteiger partial charge < -0.3 is 15.2 Å². The molecule has 26 heavy (non-hydrogen) atoms. The highest BCUT2D eigenvalue weighted by Gasteiger charge is 2.21. The first-order valence-corrected chi connectivity index (χ1v) is 8.78. The average molecular weight is 365 g/mol. The van der Waals surface area contributed by atoms with E-state index in [1.807, 2.05) is 0 Å². The molecular weight excluding hydrogens is 343 g/mol. The van der Waals surface area contributed by atoms with Crippen molar-refractivity contribution in [1.82, 2.24) is 5.32 Å². The van der Waals surface area contributed by atoms with Crippen molar-refractivity contribution >= 4 is 0 Å². The second-order valence-electron chi connectivity index (χ2n) is 6.63. The van der Waals surface area contributed by atoms with Crippen molar-refractivity contribution < 1.29 is 23.0 Å². The monoisotopic (exact) mass is 365 g/mol. The van der Waals surface area contributed by atoms with Gasteiger partial charge in [-0.15, -0.1) is 0 Å². The van der Waals surface area contributed by atoms with Crippen LogP contribution in [0.2, 0.25) is 0 Å². The fourth-order valence-electron chi connectivity index (χ4n) is 3.19. The van der Waals surface area contributed by atoms with Gasteiger partial charge in [-0.25, -0.2) is 13.2 Å². The minimum Gasteiger partial charge on any atom is -0.493 e. The number of ether oxygens (including phenoxy) is 1. The molecular formula is C20H22F3NO2. The van der Waals surface area contributed by atoms with E-state index in [0.717, 1.165) is 18.6 Å². The van der Waals surface area contributed by atoms with E-state index in [0.29, 0.717) is 49.3 Å². The summed E-state index contributed by atoms with van der Waals surface area (Å²) in [6.45, 7) is 1.05. The van der Waals surface area contributed by atoms with Crippen LogP contribution in [0, 0.1) is 17.5 Å². The van der Waals surface area contributed by atoms with Crippen molar-refractivity contribution in [2.75, 3.05) is 13.2 Å². The van der Waals surface area contributed by atoms with Crippen molar-refractivity contribution in [3.05, 3.63) is 65.0 Å². The summed E-state index contributed by atoms with van der Waals surface area (Å²) in [5.74, 6) is -1.54. The molecule has 0 spiro atoms. The minimum atomic E-state index is -0.885. The Morgan fingerprint density at radius 3 is 2.62 bits per heavy atom. The molecule has 0 bridgehead atoms. The van der Waals surface area contributed by atoms with Gasteiger partial charge in [0.05, 0.1) is 12.7 Å². The number of rotatable bonds is 7. The molecule has 1 heterocycles. The molecule has 140 valence electrons. The number of β-amino-alcohol motifs (C(OH)–C–C–N with tert-alkyl or cyclic N) is 1. The van der Waals surface area contributed by atoms with E-state index in [2.05, 4.69) is 5.32 Å². The molecule has 2 aromatic rings. The molecule has 2 aromatic carbocycles. The number of hydrogen-bond acceptors (Lipinski definition) is 3. The second-order valence-corrected chi connectivity index (χ2v) is 6.63. The van der Waals surface area contributed by atoms with Gasteiger partial charge in [0.1, 0.15) is 11.6 Å². The lowest BCUT2D eigenvalue weighted by Crippen LogP contribution is -2.23. The molecule has 3 nitrogen and oxygen atoms in total. The third-order valence-electron chi connectivity index (χ3n) is 4.61. The van der Waals surface area contributed by atoms with E-state index >= 15 is 0 Å². The van der Waals surface area contributed by atoms with E-state index in [1.54, 1.807) is 6.07 Å². The summed E-state index contributed by atoms with van der Waals surface area (Å²) < 4.78 is 45.7. The van der Waals surface area contributed by atoms with Gasteiger partial charge in [0.25, 0.3) is 0 Å². The lowest BCUT2D eigenvalue weighted by Gasteiger charge is -2.14. The number of benzene rings is 2. The SMILES string of the molecule is OC1CNC(CCOc2ccc(F)cc2CCc2ccc(F)c(F)c2)C1. The molecule has 1 saturated heterocycles. The van der Waals surface area contributed by atoms with Crippen LogP contribution in [-0.4, -0.2) is 30.4 Å². The topological polar surface area (TPSA) is 41.5 Å². The van der Waals surface area contributed by atoms with Crippen LogP contribution in [0.15, 0.2) is 36.4 Å². The molecule has 6 heteroatoms. The predicted molar refractivity (Wildman–Crippen MR) is 92.7 cm³/mol. The average Bonchev–Trinajstić information content (AvgIpc) is 3.03. The van der Waals surface area contributed by atoms with E-state index < -0.39 is 11.6 Å². The normalized spacial score (nSPS) is 19.7. The maximum absolute atomic E-state index is 13.6. The lowest BCUT2D eigenvalue weighted by atomic mass is 10.0. The van der Waals surface area contributed by atoms with Crippen LogP contribution in [-0.2, 0) is 12.8 Å². The van der Waals surface area contributed by atoms with E-state index in [-0.39, 0.29) is 18.0 Å². The van der Waals surface area contributed by atoms with Crippen LogP contribution in [0.5, 0.6) is 5.75 Å². The van der Waals surface area contributed by atoms with Gasteiger partial charge >= 0.3 is 0 Å². The first-order valence-electron chi connectivity index (χ1n) is 8.78. The predicted octanol–water partition coefficient (Wildman–Crippen LogP) is 3.38. The number of hydrogen-bond donors (Lipinski definition) is 2. The third-order valence-corrected chi connectivity index (χ3v) is 4.61. The van der Waals surface area contributed by atoms with E-state index in [4.69, 9.17) is 4.74 Å². The summed E-state index contributed by atoms with van der Waals surface area (Å²) in [4.78, 5) is 0. The molecule has 0 amide bonds. The Bertz CT molecular complexity index is 754. The molecule has 1 aliphatic heterocycles. The molecule has 2 atom stereocenters. The van der Waals surface area contributed by atoms with Crippen LogP contribution in [0.25, 0.3) is 0 Å². The Morgan fingerprint density at radius 1 is 1.04 bits per heavy atom. The van der Waals surface area contributed by atoms with Crippen molar-refractivity contribution in [1.29, 1.82) is 0 Å². The largest absolute Gasteiger partial charge is 0.493 e. The van der Waals surface area contributed by atoms with Crippen LogP contribution >= 0.6 is 0 Å². The highest BCUT2D eigenvalue weighted by atomic mass is 19.2. The van der Waals surface area contributed by atoms with E-state index in [1.165, 1.54) is 18.2 Å². The first-order chi connectivity index (χ1) is 12.5. The van der Waals surface area contributed by atoms with Gasteiger partial charge in [-0.1, -0.05) is 6.07 Å². The molecule has 1 fully saturated rings. The maximum Gasteiger partial charge on any atom is 0.159 e. The van der Waals surface area contributed by atoms with Gasteiger partial charge in [-0.2, -0.15) is 0 Å². The van der Waals surface area contributed by atoms with Crippen LogP contribution in [0.1, 0.15) is 24.0 Å². The Labute approximate surface area is 150 Å². The van der Waals surface area contributed by atoms with Crippen LogP contribution in [0.4, 0.5) is 13.2 Å². The van der Waals surface area contributed by atoms with Crippen LogP contribution in [0.3, 0.4) is 0 Å². The molecule has 0 aromatic heterocycles. The highest BCUT2D eigenvalue weighted by Crippen LogP contribution is 2.23. The zero-order valence-electron chi connectivity index (χ0n) is 14.4. The number of aliphatic hydroxyl groups excluding tert-OH is 1.